The van der Waals surface area contributed by atoms with E-state index in [0.717, 1.165) is 27.6 Å². The van der Waals surface area contributed by atoms with Crippen LogP contribution in [0.25, 0.3) is 22.1 Å². The van der Waals surface area contributed by atoms with Crippen molar-refractivity contribution in [2.24, 2.45) is 0 Å². The molecule has 0 saturated carbocycles. The number of hydrogen-bond donors (Lipinski definition) is 0. The van der Waals surface area contributed by atoms with E-state index < -0.39 is 0 Å². The van der Waals surface area contributed by atoms with Gasteiger partial charge in [-0.05, 0) is 18.6 Å². The third-order valence-corrected chi connectivity index (χ3v) is 2.38. The van der Waals surface area contributed by atoms with E-state index >= 15 is 0 Å². The Kier molecular flexibility index (Phi) is 1.29. The zero-order valence-corrected chi connectivity index (χ0v) is 8.00. The molecule has 3 nitrogen and oxygen atoms in total. The van der Waals surface area contributed by atoms with Crippen molar-refractivity contribution in [2.45, 2.75) is 13.8 Å². The van der Waals surface area contributed by atoms with Crippen molar-refractivity contribution in [1.29, 1.82) is 0 Å². The smallest absolute Gasteiger partial charge is 0.192 e. The van der Waals surface area contributed by atoms with E-state index in [9.17, 15) is 0 Å². The van der Waals surface area contributed by atoms with Crippen LogP contribution in [0.15, 0.2) is 27.2 Å². The molecule has 14 heavy (non-hydrogen) atoms. The molecule has 3 rings (SSSR count). The van der Waals surface area contributed by atoms with Gasteiger partial charge in [-0.15, -0.1) is 0 Å². The number of rotatable bonds is 0. The summed E-state index contributed by atoms with van der Waals surface area (Å²) >= 11 is 0. The molecule has 0 aliphatic heterocycles. The van der Waals surface area contributed by atoms with E-state index in [2.05, 4.69) is 4.98 Å². The third kappa shape index (κ3) is 0.894. The summed E-state index contributed by atoms with van der Waals surface area (Å²) in [6.07, 6.45) is 1.75. The van der Waals surface area contributed by atoms with Gasteiger partial charge in [0.05, 0.1) is 6.26 Å². The van der Waals surface area contributed by atoms with E-state index in [1.807, 2.05) is 26.0 Å². The van der Waals surface area contributed by atoms with Gasteiger partial charge < -0.3 is 8.83 Å². The van der Waals surface area contributed by atoms with Crippen LogP contribution in [0.2, 0.25) is 0 Å². The first-order valence-corrected chi connectivity index (χ1v) is 4.49. The lowest BCUT2D eigenvalue weighted by Gasteiger charge is -1.88. The molecule has 0 spiro atoms. The molecule has 0 unspecified atom stereocenters. The van der Waals surface area contributed by atoms with Gasteiger partial charge in [0.15, 0.2) is 11.5 Å². The number of aryl methyl sites for hydroxylation is 2. The molecule has 3 aromatic rings. The summed E-state index contributed by atoms with van der Waals surface area (Å²) in [5.74, 6) is 0.685. The van der Waals surface area contributed by atoms with Crippen LogP contribution in [0.1, 0.15) is 11.5 Å². The van der Waals surface area contributed by atoms with Crippen LogP contribution < -0.4 is 0 Å². The van der Waals surface area contributed by atoms with Crippen LogP contribution >= 0.6 is 0 Å². The van der Waals surface area contributed by atoms with Crippen molar-refractivity contribution in [2.75, 3.05) is 0 Å². The maximum Gasteiger partial charge on any atom is 0.192 e. The summed E-state index contributed by atoms with van der Waals surface area (Å²) in [6.45, 7) is 3.86. The summed E-state index contributed by atoms with van der Waals surface area (Å²) in [7, 11) is 0. The van der Waals surface area contributed by atoms with Crippen LogP contribution in [0, 0.1) is 13.8 Å². The minimum atomic E-state index is 0.685. The molecule has 2 heterocycles. The highest BCUT2D eigenvalue weighted by molar-refractivity contribution is 5.93. The topological polar surface area (TPSA) is 39.2 Å². The first-order valence-electron chi connectivity index (χ1n) is 4.49. The zero-order valence-electron chi connectivity index (χ0n) is 8.00. The summed E-state index contributed by atoms with van der Waals surface area (Å²) in [6, 6.07) is 3.89. The van der Waals surface area contributed by atoms with Crippen molar-refractivity contribution in [3.63, 3.8) is 0 Å². The second-order valence-corrected chi connectivity index (χ2v) is 3.47. The summed E-state index contributed by atoms with van der Waals surface area (Å²) in [4.78, 5) is 4.25. The predicted octanol–water partition coefficient (Wildman–Crippen LogP) is 3.19. The van der Waals surface area contributed by atoms with Crippen LogP contribution in [0.5, 0.6) is 0 Å². The van der Waals surface area contributed by atoms with Crippen LogP contribution in [-0.4, -0.2) is 4.98 Å². The average molecular weight is 187 g/mol. The monoisotopic (exact) mass is 187 g/mol. The fourth-order valence-electron chi connectivity index (χ4n) is 1.69. The van der Waals surface area contributed by atoms with Gasteiger partial charge in [-0.3, -0.25) is 0 Å². The number of fused-ring (bicyclic) bond motifs is 2. The second kappa shape index (κ2) is 2.38. The molecule has 0 aliphatic carbocycles. The minimum absolute atomic E-state index is 0.685. The van der Waals surface area contributed by atoms with Crippen molar-refractivity contribution >= 4 is 22.1 Å². The molecule has 1 aromatic carbocycles. The standard InChI is InChI=1S/C11H9NO2/c1-6-5-13-10-4-9-11(3-8(6)10)14-7(2)12-9/h3-5H,1-2H3. The fraction of sp³-hybridized carbons (Fsp3) is 0.182. The molecule has 0 bridgehead atoms. The van der Waals surface area contributed by atoms with Gasteiger partial charge in [0, 0.05) is 18.4 Å². The second-order valence-electron chi connectivity index (χ2n) is 3.47. The lowest BCUT2D eigenvalue weighted by molar-refractivity contribution is 0.561. The molecule has 70 valence electrons. The number of nitrogens with zero attached hydrogens (tertiary/aromatic N) is 1. The number of aromatic nitrogens is 1. The quantitative estimate of drug-likeness (QED) is 0.542. The molecule has 0 aliphatic rings. The normalized spacial score (nSPS) is 11.6. The molecule has 0 saturated heterocycles. The molecule has 0 fully saturated rings. The Bertz CT molecular complexity index is 618. The average Bonchev–Trinajstić information content (AvgIpc) is 2.66. The van der Waals surface area contributed by atoms with Crippen molar-refractivity contribution in [3.8, 4) is 0 Å². The molecule has 0 radical (unpaired) electrons. The first-order chi connectivity index (χ1) is 6.74. The number of oxazole rings is 1. The molecular weight excluding hydrogens is 178 g/mol. The Balaban J connectivity index is 2.52. The largest absolute Gasteiger partial charge is 0.464 e. The third-order valence-electron chi connectivity index (χ3n) is 2.38. The van der Waals surface area contributed by atoms with Gasteiger partial charge >= 0.3 is 0 Å². The van der Waals surface area contributed by atoms with Crippen LogP contribution in [0.3, 0.4) is 0 Å². The Morgan fingerprint density at radius 1 is 1.14 bits per heavy atom. The SMILES string of the molecule is Cc1nc2cc3occ(C)c3cc2o1. The summed E-state index contributed by atoms with van der Waals surface area (Å²) in [5.41, 5.74) is 3.66. The lowest BCUT2D eigenvalue weighted by Crippen LogP contribution is -1.70. The molecule has 0 N–H and O–H groups in total. The van der Waals surface area contributed by atoms with Crippen molar-refractivity contribution < 1.29 is 8.83 Å². The molecule has 3 heteroatoms. The van der Waals surface area contributed by atoms with Crippen molar-refractivity contribution in [3.05, 3.63) is 29.9 Å². The van der Waals surface area contributed by atoms with E-state index in [1.54, 1.807) is 6.26 Å². The van der Waals surface area contributed by atoms with Gasteiger partial charge in [0.2, 0.25) is 0 Å². The van der Waals surface area contributed by atoms with E-state index in [1.165, 1.54) is 0 Å². The number of furan rings is 1. The van der Waals surface area contributed by atoms with Crippen LogP contribution in [0.4, 0.5) is 0 Å². The van der Waals surface area contributed by atoms with Gasteiger partial charge in [0.25, 0.3) is 0 Å². The molecule has 0 atom stereocenters. The fourth-order valence-corrected chi connectivity index (χ4v) is 1.69. The van der Waals surface area contributed by atoms with Crippen LogP contribution in [-0.2, 0) is 0 Å². The summed E-state index contributed by atoms with van der Waals surface area (Å²) < 4.78 is 10.8. The number of hydrogen-bond acceptors (Lipinski definition) is 3. The lowest BCUT2D eigenvalue weighted by atomic mass is 10.2. The summed E-state index contributed by atoms with van der Waals surface area (Å²) in [5, 5.41) is 1.09. The van der Waals surface area contributed by atoms with Crippen molar-refractivity contribution in [1.82, 2.24) is 4.98 Å². The maximum absolute atomic E-state index is 5.45. The Hall–Kier alpha value is -1.77. The van der Waals surface area contributed by atoms with Gasteiger partial charge in [-0.1, -0.05) is 0 Å². The molecule has 0 amide bonds. The van der Waals surface area contributed by atoms with Gasteiger partial charge in [-0.25, -0.2) is 4.98 Å². The van der Waals surface area contributed by atoms with E-state index in [-0.39, 0.29) is 0 Å². The first kappa shape index (κ1) is 7.62. The molecule has 2 aromatic heterocycles. The predicted molar refractivity (Wildman–Crippen MR) is 53.3 cm³/mol. The van der Waals surface area contributed by atoms with E-state index in [0.29, 0.717) is 5.89 Å². The Morgan fingerprint density at radius 3 is 2.86 bits per heavy atom. The minimum Gasteiger partial charge on any atom is -0.464 e. The Labute approximate surface area is 80.3 Å². The highest BCUT2D eigenvalue weighted by Gasteiger charge is 2.07. The van der Waals surface area contributed by atoms with Gasteiger partial charge in [0.1, 0.15) is 11.1 Å². The molecular formula is C11H9NO2. The highest BCUT2D eigenvalue weighted by Crippen LogP contribution is 2.26. The van der Waals surface area contributed by atoms with E-state index in [4.69, 9.17) is 8.83 Å². The highest BCUT2D eigenvalue weighted by atomic mass is 16.3. The van der Waals surface area contributed by atoms with Gasteiger partial charge in [-0.2, -0.15) is 0 Å². The zero-order chi connectivity index (χ0) is 9.71. The Morgan fingerprint density at radius 2 is 2.00 bits per heavy atom. The maximum atomic E-state index is 5.45. The number of benzene rings is 1.